The molecular weight excluding hydrogens is 252 g/mol. The molecule has 1 unspecified atom stereocenters. The number of sulfonamides is 1. The van der Waals surface area contributed by atoms with Crippen molar-refractivity contribution >= 4 is 10.0 Å². The molecule has 0 aromatic carbocycles. The van der Waals surface area contributed by atoms with Crippen molar-refractivity contribution < 1.29 is 13.2 Å². The highest BCUT2D eigenvalue weighted by atomic mass is 32.2. The molecule has 0 aromatic rings. The molecule has 6 heteroatoms. The van der Waals surface area contributed by atoms with Crippen LogP contribution in [0.4, 0.5) is 0 Å². The lowest BCUT2D eigenvalue weighted by Gasteiger charge is -2.32. The fourth-order valence-corrected chi connectivity index (χ4v) is 3.55. The maximum absolute atomic E-state index is 12.1. The van der Waals surface area contributed by atoms with Gasteiger partial charge in [0.15, 0.2) is 0 Å². The summed E-state index contributed by atoms with van der Waals surface area (Å²) in [7, 11) is -3.16. The summed E-state index contributed by atoms with van der Waals surface area (Å²) in [6, 6.07) is 0.296. The number of rotatable bonds is 7. The average molecular weight is 278 g/mol. The van der Waals surface area contributed by atoms with E-state index in [9.17, 15) is 8.42 Å². The molecule has 0 aliphatic carbocycles. The van der Waals surface area contributed by atoms with Gasteiger partial charge < -0.3 is 10.1 Å². The highest BCUT2D eigenvalue weighted by Crippen LogP contribution is 2.14. The fraction of sp³-hybridized carbons (Fsp3) is 1.00. The summed E-state index contributed by atoms with van der Waals surface area (Å²) in [6.45, 7) is 8.27. The summed E-state index contributed by atoms with van der Waals surface area (Å²) < 4.78 is 31.2. The maximum atomic E-state index is 12.1. The van der Waals surface area contributed by atoms with Gasteiger partial charge in [-0.15, -0.1) is 0 Å². The van der Waals surface area contributed by atoms with Crippen LogP contribution in [0.5, 0.6) is 0 Å². The van der Waals surface area contributed by atoms with Crippen LogP contribution in [0.25, 0.3) is 0 Å². The van der Waals surface area contributed by atoms with E-state index in [0.717, 1.165) is 19.4 Å². The van der Waals surface area contributed by atoms with Crippen molar-refractivity contribution in [2.24, 2.45) is 0 Å². The second-order valence-electron chi connectivity index (χ2n) is 4.99. The van der Waals surface area contributed by atoms with Crippen LogP contribution in [0.2, 0.25) is 0 Å². The van der Waals surface area contributed by atoms with E-state index < -0.39 is 10.0 Å². The molecule has 108 valence electrons. The number of ether oxygens (including phenoxy) is 1. The summed E-state index contributed by atoms with van der Waals surface area (Å²) in [5, 5.41) is 3.32. The number of nitrogens with one attached hydrogen (secondary N) is 1. The SMILES string of the molecule is CCNC1CCCN(S(=O)(=O)CCOC(C)C)C1. The van der Waals surface area contributed by atoms with E-state index in [4.69, 9.17) is 4.74 Å². The molecule has 0 saturated carbocycles. The lowest BCUT2D eigenvalue weighted by atomic mass is 10.1. The zero-order valence-electron chi connectivity index (χ0n) is 11.7. The van der Waals surface area contributed by atoms with Gasteiger partial charge in [0.25, 0.3) is 0 Å². The van der Waals surface area contributed by atoms with Gasteiger partial charge in [0, 0.05) is 19.1 Å². The first-order chi connectivity index (χ1) is 8.45. The number of nitrogens with zero attached hydrogens (tertiary/aromatic N) is 1. The third-order valence-electron chi connectivity index (χ3n) is 3.06. The van der Waals surface area contributed by atoms with E-state index in [1.807, 2.05) is 20.8 Å². The van der Waals surface area contributed by atoms with E-state index in [0.29, 0.717) is 19.1 Å². The summed E-state index contributed by atoms with van der Waals surface area (Å²) in [5.41, 5.74) is 0. The van der Waals surface area contributed by atoms with Gasteiger partial charge in [-0.25, -0.2) is 12.7 Å². The Kier molecular flexibility index (Phi) is 6.55. The largest absolute Gasteiger partial charge is 0.378 e. The van der Waals surface area contributed by atoms with Crippen LogP contribution < -0.4 is 5.32 Å². The smallest absolute Gasteiger partial charge is 0.216 e. The van der Waals surface area contributed by atoms with E-state index in [1.54, 1.807) is 4.31 Å². The van der Waals surface area contributed by atoms with Crippen molar-refractivity contribution in [2.75, 3.05) is 32.0 Å². The average Bonchev–Trinajstić information content (AvgIpc) is 2.29. The maximum Gasteiger partial charge on any atom is 0.216 e. The molecule has 0 aromatic heterocycles. The molecule has 1 aliphatic heterocycles. The normalized spacial score (nSPS) is 22.6. The molecule has 1 fully saturated rings. The summed E-state index contributed by atoms with van der Waals surface area (Å²) >= 11 is 0. The standard InChI is InChI=1S/C12H26N2O3S/c1-4-13-12-6-5-7-14(10-12)18(15,16)9-8-17-11(2)3/h11-13H,4-10H2,1-3H3. The highest BCUT2D eigenvalue weighted by molar-refractivity contribution is 7.89. The quantitative estimate of drug-likeness (QED) is 0.749. The van der Waals surface area contributed by atoms with Crippen molar-refractivity contribution in [1.29, 1.82) is 0 Å². The molecule has 0 spiro atoms. The van der Waals surface area contributed by atoms with Crippen molar-refractivity contribution in [3.63, 3.8) is 0 Å². The Balaban J connectivity index is 2.45. The van der Waals surface area contributed by atoms with Crippen molar-refractivity contribution in [3.8, 4) is 0 Å². The van der Waals surface area contributed by atoms with Gasteiger partial charge in [0.1, 0.15) is 0 Å². The monoisotopic (exact) mass is 278 g/mol. The zero-order valence-corrected chi connectivity index (χ0v) is 12.5. The Morgan fingerprint density at radius 3 is 2.78 bits per heavy atom. The number of hydrogen-bond donors (Lipinski definition) is 1. The highest BCUT2D eigenvalue weighted by Gasteiger charge is 2.28. The molecule has 1 rings (SSSR count). The Hall–Kier alpha value is -0.170. The summed E-state index contributed by atoms with van der Waals surface area (Å²) in [6.07, 6.45) is 2.07. The molecule has 1 N–H and O–H groups in total. The third kappa shape index (κ3) is 5.22. The second-order valence-corrected chi connectivity index (χ2v) is 7.08. The molecule has 1 atom stereocenters. The van der Waals surface area contributed by atoms with Crippen LogP contribution in [0.3, 0.4) is 0 Å². The molecule has 0 amide bonds. The predicted octanol–water partition coefficient (Wildman–Crippen LogP) is 0.815. The first kappa shape index (κ1) is 15.9. The minimum Gasteiger partial charge on any atom is -0.378 e. The molecule has 18 heavy (non-hydrogen) atoms. The van der Waals surface area contributed by atoms with Crippen molar-refractivity contribution in [3.05, 3.63) is 0 Å². The Morgan fingerprint density at radius 2 is 2.17 bits per heavy atom. The van der Waals surface area contributed by atoms with E-state index in [1.165, 1.54) is 0 Å². The van der Waals surface area contributed by atoms with Crippen LogP contribution in [0.15, 0.2) is 0 Å². The fourth-order valence-electron chi connectivity index (χ4n) is 2.17. The molecule has 0 bridgehead atoms. The van der Waals surface area contributed by atoms with Gasteiger partial charge in [0.05, 0.1) is 18.5 Å². The summed E-state index contributed by atoms with van der Waals surface area (Å²) in [5.74, 6) is 0.0873. The van der Waals surface area contributed by atoms with Crippen LogP contribution in [0.1, 0.15) is 33.6 Å². The second kappa shape index (κ2) is 7.43. The lowest BCUT2D eigenvalue weighted by Crippen LogP contribution is -2.48. The summed E-state index contributed by atoms with van der Waals surface area (Å²) in [4.78, 5) is 0. The Morgan fingerprint density at radius 1 is 1.44 bits per heavy atom. The molecule has 1 aliphatic rings. The van der Waals surface area contributed by atoms with Crippen molar-refractivity contribution in [1.82, 2.24) is 9.62 Å². The van der Waals surface area contributed by atoms with Crippen LogP contribution >= 0.6 is 0 Å². The van der Waals surface area contributed by atoms with Gasteiger partial charge >= 0.3 is 0 Å². The first-order valence-electron chi connectivity index (χ1n) is 6.78. The van der Waals surface area contributed by atoms with Gasteiger partial charge in [-0.1, -0.05) is 6.92 Å². The van der Waals surface area contributed by atoms with Crippen LogP contribution in [0, 0.1) is 0 Å². The molecular formula is C12H26N2O3S. The van der Waals surface area contributed by atoms with E-state index in [2.05, 4.69) is 5.32 Å². The van der Waals surface area contributed by atoms with Gasteiger partial charge in [-0.2, -0.15) is 0 Å². The minimum atomic E-state index is -3.16. The van der Waals surface area contributed by atoms with Gasteiger partial charge in [-0.3, -0.25) is 0 Å². The predicted molar refractivity (Wildman–Crippen MR) is 73.1 cm³/mol. The van der Waals surface area contributed by atoms with Crippen LogP contribution in [-0.2, 0) is 14.8 Å². The van der Waals surface area contributed by atoms with E-state index >= 15 is 0 Å². The van der Waals surface area contributed by atoms with Gasteiger partial charge in [0.2, 0.25) is 10.0 Å². The molecule has 1 heterocycles. The molecule has 0 radical (unpaired) electrons. The topological polar surface area (TPSA) is 58.6 Å². The van der Waals surface area contributed by atoms with Crippen molar-refractivity contribution in [2.45, 2.75) is 45.8 Å². The minimum absolute atomic E-state index is 0.0797. The van der Waals surface area contributed by atoms with Gasteiger partial charge in [-0.05, 0) is 33.2 Å². The number of likely N-dealkylation sites (N-methyl/N-ethyl adjacent to an activating group) is 1. The van der Waals surface area contributed by atoms with E-state index in [-0.39, 0.29) is 18.5 Å². The molecule has 1 saturated heterocycles. The number of hydrogen-bond acceptors (Lipinski definition) is 4. The third-order valence-corrected chi connectivity index (χ3v) is 4.86. The molecule has 5 nitrogen and oxygen atoms in total. The zero-order chi connectivity index (χ0) is 13.6. The Bertz CT molecular complexity index is 328. The van der Waals surface area contributed by atoms with Crippen LogP contribution in [-0.4, -0.2) is 56.9 Å². The Labute approximate surface area is 111 Å². The lowest BCUT2D eigenvalue weighted by molar-refractivity contribution is 0.0905. The number of piperidine rings is 1. The first-order valence-corrected chi connectivity index (χ1v) is 8.39.